The molecule has 3 rings (SSSR count). The van der Waals surface area contributed by atoms with Crippen LogP contribution in [0.3, 0.4) is 0 Å². The number of nitrogens with zero attached hydrogens (tertiary/aromatic N) is 3. The third-order valence-electron chi connectivity index (χ3n) is 4.04. The molecule has 0 aliphatic heterocycles. The Hall–Kier alpha value is -3.53. The van der Waals surface area contributed by atoms with Crippen molar-refractivity contribution in [3.63, 3.8) is 0 Å². The van der Waals surface area contributed by atoms with Crippen molar-refractivity contribution in [2.75, 3.05) is 17.7 Å². The number of thioether (sulfide) groups is 1. The van der Waals surface area contributed by atoms with E-state index in [9.17, 15) is 9.59 Å². The molecule has 2 N–H and O–H groups in total. The van der Waals surface area contributed by atoms with E-state index in [0.717, 1.165) is 5.75 Å². The number of nitrogens with one attached hydrogen (secondary N) is 2. The van der Waals surface area contributed by atoms with E-state index in [2.05, 4.69) is 27.4 Å². The maximum atomic E-state index is 12.3. The lowest BCUT2D eigenvalue weighted by atomic mass is 10.3. The summed E-state index contributed by atoms with van der Waals surface area (Å²) < 4.78 is 12.3. The van der Waals surface area contributed by atoms with Gasteiger partial charge in [-0.1, -0.05) is 17.8 Å². The monoisotopic (exact) mass is 441 g/mol. The van der Waals surface area contributed by atoms with Gasteiger partial charge in [0.1, 0.15) is 5.75 Å². The Morgan fingerprint density at radius 2 is 2.06 bits per heavy atom. The summed E-state index contributed by atoms with van der Waals surface area (Å²) in [6.45, 7) is 6.86. The van der Waals surface area contributed by atoms with E-state index in [1.54, 1.807) is 47.0 Å². The average molecular weight is 442 g/mol. The van der Waals surface area contributed by atoms with Crippen LogP contribution in [0.2, 0.25) is 0 Å². The summed E-state index contributed by atoms with van der Waals surface area (Å²) in [4.78, 5) is 24.4. The van der Waals surface area contributed by atoms with Crippen LogP contribution >= 0.6 is 11.8 Å². The van der Waals surface area contributed by atoms with Crippen LogP contribution in [-0.2, 0) is 17.9 Å². The number of amides is 2. The van der Waals surface area contributed by atoms with Crippen molar-refractivity contribution in [2.45, 2.75) is 25.2 Å². The molecule has 10 heteroatoms. The van der Waals surface area contributed by atoms with Gasteiger partial charge in [-0.2, -0.15) is 0 Å². The second-order valence-electron chi connectivity index (χ2n) is 6.25. The fourth-order valence-electron chi connectivity index (χ4n) is 2.65. The minimum absolute atomic E-state index is 0.154. The molecule has 0 saturated heterocycles. The molecule has 9 nitrogen and oxygen atoms in total. The average Bonchev–Trinajstić information content (AvgIpc) is 3.43. The maximum absolute atomic E-state index is 12.3. The summed E-state index contributed by atoms with van der Waals surface area (Å²) in [5, 5.41) is 14.4. The second kappa shape index (κ2) is 11.0. The molecule has 0 bridgehead atoms. The lowest BCUT2D eigenvalue weighted by molar-refractivity contribution is -0.113. The van der Waals surface area contributed by atoms with Crippen molar-refractivity contribution >= 4 is 29.3 Å². The quantitative estimate of drug-likeness (QED) is 0.347. The minimum Gasteiger partial charge on any atom is -0.494 e. The van der Waals surface area contributed by atoms with Crippen molar-refractivity contribution in [2.24, 2.45) is 0 Å². The summed E-state index contributed by atoms with van der Waals surface area (Å²) >= 11 is 1.25. The zero-order valence-electron chi connectivity index (χ0n) is 17.0. The smallest absolute Gasteiger partial charge is 0.287 e. The van der Waals surface area contributed by atoms with Gasteiger partial charge in [0.25, 0.3) is 5.91 Å². The largest absolute Gasteiger partial charge is 0.494 e. The molecule has 0 fully saturated rings. The zero-order valence-corrected chi connectivity index (χ0v) is 17.9. The van der Waals surface area contributed by atoms with E-state index in [1.807, 2.05) is 6.92 Å². The molecule has 2 heterocycles. The number of carbonyl (C=O) groups is 2. The number of ether oxygens (including phenoxy) is 1. The topological polar surface area (TPSA) is 111 Å². The van der Waals surface area contributed by atoms with Gasteiger partial charge < -0.3 is 24.4 Å². The first kappa shape index (κ1) is 22.2. The van der Waals surface area contributed by atoms with Crippen molar-refractivity contribution < 1.29 is 18.7 Å². The third-order valence-corrected chi connectivity index (χ3v) is 5.01. The number of rotatable bonds is 11. The normalized spacial score (nSPS) is 10.5. The number of carbonyl (C=O) groups excluding carboxylic acids is 2. The number of benzene rings is 1. The van der Waals surface area contributed by atoms with E-state index < -0.39 is 0 Å². The van der Waals surface area contributed by atoms with Crippen molar-refractivity contribution in [3.05, 3.63) is 66.9 Å². The highest BCUT2D eigenvalue weighted by atomic mass is 32.2. The Morgan fingerprint density at radius 1 is 1.26 bits per heavy atom. The van der Waals surface area contributed by atoms with Crippen LogP contribution in [0.25, 0.3) is 0 Å². The molecule has 0 unspecified atom stereocenters. The van der Waals surface area contributed by atoms with Crippen molar-refractivity contribution in [3.8, 4) is 5.75 Å². The van der Waals surface area contributed by atoms with Gasteiger partial charge in [-0.25, -0.2) is 0 Å². The predicted octanol–water partition coefficient (Wildman–Crippen LogP) is 3.12. The Balaban J connectivity index is 1.56. The van der Waals surface area contributed by atoms with Gasteiger partial charge in [-0.15, -0.1) is 16.8 Å². The molecule has 0 atom stereocenters. The molecule has 162 valence electrons. The van der Waals surface area contributed by atoms with Crippen LogP contribution in [0.1, 0.15) is 23.3 Å². The van der Waals surface area contributed by atoms with E-state index in [0.29, 0.717) is 29.8 Å². The molecule has 2 amide bonds. The van der Waals surface area contributed by atoms with E-state index >= 15 is 0 Å². The molecular weight excluding hydrogens is 418 g/mol. The molecular formula is C21H23N5O4S. The van der Waals surface area contributed by atoms with Crippen LogP contribution in [-0.4, -0.2) is 38.9 Å². The van der Waals surface area contributed by atoms with Gasteiger partial charge in [0.05, 0.1) is 25.2 Å². The minimum atomic E-state index is -0.345. The first-order chi connectivity index (χ1) is 15.1. The highest BCUT2D eigenvalue weighted by Gasteiger charge is 2.15. The Kier molecular flexibility index (Phi) is 7.88. The summed E-state index contributed by atoms with van der Waals surface area (Å²) in [6, 6.07) is 10.4. The highest BCUT2D eigenvalue weighted by molar-refractivity contribution is 7.99. The molecule has 0 saturated carbocycles. The van der Waals surface area contributed by atoms with Gasteiger partial charge in [0.15, 0.2) is 16.7 Å². The zero-order chi connectivity index (χ0) is 22.1. The van der Waals surface area contributed by atoms with Gasteiger partial charge >= 0.3 is 0 Å². The van der Waals surface area contributed by atoms with E-state index in [-0.39, 0.29) is 29.9 Å². The number of hydrogen-bond acceptors (Lipinski definition) is 7. The SMILES string of the molecule is C=CCn1c(CNC(=O)c2ccco2)nnc1SCC(=O)Nc1ccc(OCC)cc1. The van der Waals surface area contributed by atoms with Crippen molar-refractivity contribution in [1.82, 2.24) is 20.1 Å². The summed E-state index contributed by atoms with van der Waals surface area (Å²) in [5.41, 5.74) is 0.683. The van der Waals surface area contributed by atoms with Crippen LogP contribution in [0.15, 0.2) is 64.9 Å². The third kappa shape index (κ3) is 6.22. The van der Waals surface area contributed by atoms with Gasteiger partial charge in [0.2, 0.25) is 5.91 Å². The van der Waals surface area contributed by atoms with E-state index in [4.69, 9.17) is 9.15 Å². The van der Waals surface area contributed by atoms with Crippen LogP contribution in [0, 0.1) is 0 Å². The number of allylic oxidation sites excluding steroid dienone is 1. The molecule has 1 aromatic carbocycles. The summed E-state index contributed by atoms with van der Waals surface area (Å²) in [5.74, 6) is 1.15. The number of aromatic nitrogens is 3. The highest BCUT2D eigenvalue weighted by Crippen LogP contribution is 2.19. The van der Waals surface area contributed by atoms with Gasteiger partial charge in [-0.05, 0) is 43.3 Å². The van der Waals surface area contributed by atoms with Gasteiger partial charge in [0, 0.05) is 12.2 Å². The predicted molar refractivity (Wildman–Crippen MR) is 117 cm³/mol. The second-order valence-corrected chi connectivity index (χ2v) is 7.19. The van der Waals surface area contributed by atoms with Crippen LogP contribution in [0.5, 0.6) is 5.75 Å². The molecule has 2 aromatic heterocycles. The van der Waals surface area contributed by atoms with E-state index in [1.165, 1.54) is 18.0 Å². The number of anilines is 1. The Labute approximate surface area is 183 Å². The van der Waals surface area contributed by atoms with Crippen molar-refractivity contribution in [1.29, 1.82) is 0 Å². The summed E-state index contributed by atoms with van der Waals surface area (Å²) in [6.07, 6.45) is 3.13. The Morgan fingerprint density at radius 3 is 2.74 bits per heavy atom. The molecule has 0 radical (unpaired) electrons. The molecule has 0 aliphatic carbocycles. The Bertz CT molecular complexity index is 1020. The van der Waals surface area contributed by atoms with Crippen LogP contribution < -0.4 is 15.4 Å². The van der Waals surface area contributed by atoms with Gasteiger partial charge in [-0.3, -0.25) is 9.59 Å². The fraction of sp³-hybridized carbons (Fsp3) is 0.238. The lowest BCUT2D eigenvalue weighted by Crippen LogP contribution is -2.24. The number of furan rings is 1. The molecule has 3 aromatic rings. The maximum Gasteiger partial charge on any atom is 0.287 e. The first-order valence-corrected chi connectivity index (χ1v) is 10.6. The lowest BCUT2D eigenvalue weighted by Gasteiger charge is -2.09. The summed E-state index contributed by atoms with van der Waals surface area (Å²) in [7, 11) is 0. The number of hydrogen-bond donors (Lipinski definition) is 2. The molecule has 31 heavy (non-hydrogen) atoms. The molecule has 0 spiro atoms. The first-order valence-electron chi connectivity index (χ1n) is 9.61. The van der Waals surface area contributed by atoms with Crippen LogP contribution in [0.4, 0.5) is 5.69 Å². The standard InChI is InChI=1S/C21H23N5O4S/c1-3-11-26-18(13-22-20(28)17-6-5-12-30-17)24-25-21(26)31-14-19(27)23-15-7-9-16(10-8-15)29-4-2/h3,5-10,12H,1,4,11,13-14H2,2H3,(H,22,28)(H,23,27). The molecule has 0 aliphatic rings. The fourth-order valence-corrected chi connectivity index (χ4v) is 3.42.